The summed E-state index contributed by atoms with van der Waals surface area (Å²) in [7, 11) is 2.11. The summed E-state index contributed by atoms with van der Waals surface area (Å²) < 4.78 is 0. The SMILES string of the molecule is CCC(c1cccs1)N(C)Cc1ccc(C(=O)O)cc1. The van der Waals surface area contributed by atoms with Crippen LogP contribution in [0.5, 0.6) is 0 Å². The first-order valence-electron chi connectivity index (χ1n) is 6.67. The second-order valence-electron chi connectivity index (χ2n) is 4.86. The van der Waals surface area contributed by atoms with Gasteiger partial charge >= 0.3 is 5.97 Å². The average molecular weight is 289 g/mol. The van der Waals surface area contributed by atoms with Crippen molar-refractivity contribution in [3.05, 3.63) is 57.8 Å². The summed E-state index contributed by atoms with van der Waals surface area (Å²) in [6.45, 7) is 3.00. The van der Waals surface area contributed by atoms with Gasteiger partial charge in [-0.05, 0) is 42.6 Å². The van der Waals surface area contributed by atoms with Crippen molar-refractivity contribution < 1.29 is 9.90 Å². The third-order valence-corrected chi connectivity index (χ3v) is 4.40. The van der Waals surface area contributed by atoms with E-state index in [0.717, 1.165) is 18.5 Å². The van der Waals surface area contributed by atoms with E-state index in [1.165, 1.54) is 4.88 Å². The van der Waals surface area contributed by atoms with Crippen LogP contribution in [0.2, 0.25) is 0 Å². The molecule has 0 saturated carbocycles. The predicted octanol–water partition coefficient (Wildman–Crippen LogP) is 4.03. The Morgan fingerprint density at radius 1 is 1.30 bits per heavy atom. The molecule has 0 amide bonds. The van der Waals surface area contributed by atoms with E-state index < -0.39 is 5.97 Å². The lowest BCUT2D eigenvalue weighted by Gasteiger charge is -2.26. The molecule has 0 aliphatic rings. The first-order valence-corrected chi connectivity index (χ1v) is 7.55. The molecule has 0 saturated heterocycles. The highest BCUT2D eigenvalue weighted by atomic mass is 32.1. The van der Waals surface area contributed by atoms with Crippen LogP contribution < -0.4 is 0 Å². The van der Waals surface area contributed by atoms with Gasteiger partial charge in [0, 0.05) is 17.5 Å². The molecular weight excluding hydrogens is 270 g/mol. The Kier molecular flexibility index (Phi) is 4.93. The minimum absolute atomic E-state index is 0.335. The van der Waals surface area contributed by atoms with Crippen molar-refractivity contribution in [2.75, 3.05) is 7.05 Å². The van der Waals surface area contributed by atoms with E-state index in [1.807, 2.05) is 12.1 Å². The molecule has 1 N–H and O–H groups in total. The lowest BCUT2D eigenvalue weighted by atomic mass is 10.1. The highest BCUT2D eigenvalue weighted by molar-refractivity contribution is 7.10. The van der Waals surface area contributed by atoms with Gasteiger partial charge in [-0.3, -0.25) is 4.90 Å². The van der Waals surface area contributed by atoms with Crippen molar-refractivity contribution >= 4 is 17.3 Å². The van der Waals surface area contributed by atoms with Gasteiger partial charge in [0.1, 0.15) is 0 Å². The number of benzene rings is 1. The highest BCUT2D eigenvalue weighted by Crippen LogP contribution is 2.28. The van der Waals surface area contributed by atoms with E-state index in [2.05, 4.69) is 36.4 Å². The summed E-state index contributed by atoms with van der Waals surface area (Å²) in [4.78, 5) is 14.5. The lowest BCUT2D eigenvalue weighted by Crippen LogP contribution is -2.23. The molecule has 2 rings (SSSR count). The van der Waals surface area contributed by atoms with Crippen LogP contribution in [0.1, 0.15) is 40.2 Å². The van der Waals surface area contributed by atoms with E-state index in [9.17, 15) is 4.79 Å². The molecule has 0 aliphatic carbocycles. The van der Waals surface area contributed by atoms with E-state index >= 15 is 0 Å². The number of hydrogen-bond acceptors (Lipinski definition) is 3. The van der Waals surface area contributed by atoms with E-state index in [-0.39, 0.29) is 0 Å². The third-order valence-electron chi connectivity index (χ3n) is 3.42. The smallest absolute Gasteiger partial charge is 0.335 e. The Morgan fingerprint density at radius 3 is 2.50 bits per heavy atom. The molecule has 0 fully saturated rings. The molecule has 20 heavy (non-hydrogen) atoms. The molecule has 2 aromatic rings. The number of rotatable bonds is 6. The van der Waals surface area contributed by atoms with Crippen LogP contribution in [0.15, 0.2) is 41.8 Å². The molecule has 0 radical (unpaired) electrons. The molecular formula is C16H19NO2S. The highest BCUT2D eigenvalue weighted by Gasteiger charge is 2.16. The van der Waals surface area contributed by atoms with Crippen LogP contribution in [-0.2, 0) is 6.54 Å². The van der Waals surface area contributed by atoms with Gasteiger partial charge in [0.15, 0.2) is 0 Å². The zero-order chi connectivity index (χ0) is 14.5. The van der Waals surface area contributed by atoms with Gasteiger partial charge in [-0.15, -0.1) is 11.3 Å². The summed E-state index contributed by atoms with van der Waals surface area (Å²) in [5.41, 5.74) is 1.47. The number of hydrogen-bond donors (Lipinski definition) is 1. The fourth-order valence-electron chi connectivity index (χ4n) is 2.36. The molecule has 0 aliphatic heterocycles. The first kappa shape index (κ1) is 14.8. The van der Waals surface area contributed by atoms with Crippen molar-refractivity contribution in [1.82, 2.24) is 4.90 Å². The molecule has 106 valence electrons. The fourth-order valence-corrected chi connectivity index (χ4v) is 3.34. The van der Waals surface area contributed by atoms with Crippen LogP contribution >= 0.6 is 11.3 Å². The standard InChI is InChI=1S/C16H19NO2S/c1-3-14(15-5-4-10-20-15)17(2)11-12-6-8-13(9-7-12)16(18)19/h4-10,14H,3,11H2,1-2H3,(H,18,19). The van der Waals surface area contributed by atoms with Crippen LogP contribution in [0.3, 0.4) is 0 Å². The van der Waals surface area contributed by atoms with Crippen LogP contribution in [0.4, 0.5) is 0 Å². The molecule has 0 spiro atoms. The molecule has 1 aromatic carbocycles. The van der Waals surface area contributed by atoms with Gasteiger partial charge < -0.3 is 5.11 Å². The third kappa shape index (κ3) is 3.46. The maximum atomic E-state index is 10.8. The second-order valence-corrected chi connectivity index (χ2v) is 5.84. The Bertz CT molecular complexity index is 548. The van der Waals surface area contributed by atoms with Crippen LogP contribution in [0, 0.1) is 0 Å². The molecule has 3 nitrogen and oxygen atoms in total. The van der Waals surface area contributed by atoms with Crippen molar-refractivity contribution in [3.63, 3.8) is 0 Å². The largest absolute Gasteiger partial charge is 0.478 e. The molecule has 1 heterocycles. The van der Waals surface area contributed by atoms with Crippen molar-refractivity contribution in [3.8, 4) is 0 Å². The summed E-state index contributed by atoms with van der Waals surface area (Å²) in [6, 6.07) is 11.8. The first-order chi connectivity index (χ1) is 9.61. The second kappa shape index (κ2) is 6.68. The number of nitrogens with zero attached hydrogens (tertiary/aromatic N) is 1. The van der Waals surface area contributed by atoms with Gasteiger partial charge in [-0.1, -0.05) is 25.1 Å². The maximum absolute atomic E-state index is 10.8. The fraction of sp³-hybridized carbons (Fsp3) is 0.312. The van der Waals surface area contributed by atoms with Gasteiger partial charge in [-0.25, -0.2) is 4.79 Å². The van der Waals surface area contributed by atoms with Crippen LogP contribution in [0.25, 0.3) is 0 Å². The average Bonchev–Trinajstić information content (AvgIpc) is 2.94. The summed E-state index contributed by atoms with van der Waals surface area (Å²) in [5, 5.41) is 11.0. The molecule has 1 atom stereocenters. The van der Waals surface area contributed by atoms with E-state index in [4.69, 9.17) is 5.11 Å². The topological polar surface area (TPSA) is 40.5 Å². The number of thiophene rings is 1. The summed E-state index contributed by atoms with van der Waals surface area (Å²) in [5.74, 6) is -0.880. The Hall–Kier alpha value is -1.65. The van der Waals surface area contributed by atoms with E-state index in [0.29, 0.717) is 11.6 Å². The Morgan fingerprint density at radius 2 is 2.00 bits per heavy atom. The molecule has 1 unspecified atom stereocenters. The van der Waals surface area contributed by atoms with Gasteiger partial charge in [0.25, 0.3) is 0 Å². The van der Waals surface area contributed by atoms with Crippen molar-refractivity contribution in [2.24, 2.45) is 0 Å². The molecule has 4 heteroatoms. The quantitative estimate of drug-likeness (QED) is 0.873. The monoisotopic (exact) mass is 289 g/mol. The van der Waals surface area contributed by atoms with Crippen molar-refractivity contribution in [2.45, 2.75) is 25.9 Å². The van der Waals surface area contributed by atoms with Gasteiger partial charge in [-0.2, -0.15) is 0 Å². The molecule has 0 bridgehead atoms. The number of carboxylic acids is 1. The number of aromatic carboxylic acids is 1. The minimum Gasteiger partial charge on any atom is -0.478 e. The number of carbonyl (C=O) groups is 1. The normalized spacial score (nSPS) is 12.6. The summed E-state index contributed by atoms with van der Waals surface area (Å²) in [6.07, 6.45) is 1.06. The minimum atomic E-state index is -0.880. The zero-order valence-corrected chi connectivity index (χ0v) is 12.6. The number of carboxylic acid groups (broad SMARTS) is 1. The summed E-state index contributed by atoms with van der Waals surface area (Å²) >= 11 is 1.78. The Balaban J connectivity index is 2.06. The van der Waals surface area contributed by atoms with Gasteiger partial charge in [0.05, 0.1) is 5.56 Å². The maximum Gasteiger partial charge on any atom is 0.335 e. The zero-order valence-electron chi connectivity index (χ0n) is 11.7. The van der Waals surface area contributed by atoms with Crippen LogP contribution in [-0.4, -0.2) is 23.0 Å². The Labute approximate surface area is 123 Å². The van der Waals surface area contributed by atoms with Gasteiger partial charge in [0.2, 0.25) is 0 Å². The van der Waals surface area contributed by atoms with Crippen molar-refractivity contribution in [1.29, 1.82) is 0 Å². The molecule has 1 aromatic heterocycles. The predicted molar refractivity (Wildman–Crippen MR) is 82.2 cm³/mol. The van der Waals surface area contributed by atoms with E-state index in [1.54, 1.807) is 23.5 Å². The lowest BCUT2D eigenvalue weighted by molar-refractivity contribution is 0.0697.